The summed E-state index contributed by atoms with van der Waals surface area (Å²) in [6, 6.07) is 17.7. The highest BCUT2D eigenvalue weighted by Crippen LogP contribution is 2.26. The molecule has 0 aliphatic heterocycles. The van der Waals surface area contributed by atoms with Gasteiger partial charge >= 0.3 is 0 Å². The Balaban J connectivity index is 1.89. The third kappa shape index (κ3) is 2.05. The Kier molecular flexibility index (Phi) is 3.12. The van der Waals surface area contributed by atoms with Crippen molar-refractivity contribution in [2.75, 3.05) is 0 Å². The number of hydrogen-bond donors (Lipinski definition) is 0. The highest BCUT2D eigenvalue weighted by molar-refractivity contribution is 5.76. The quantitative estimate of drug-likeness (QED) is 0.669. The molecule has 1 nitrogen and oxygen atoms in total. The van der Waals surface area contributed by atoms with Gasteiger partial charge in [-0.3, -0.25) is 4.98 Å². The molecule has 0 atom stereocenters. The average molecular weight is 309 g/mol. The lowest BCUT2D eigenvalue weighted by Gasteiger charge is -2.21. The average Bonchev–Trinajstić information content (AvgIpc) is 2.67. The Morgan fingerprint density at radius 2 is 1.75 bits per heavy atom. The van der Waals surface area contributed by atoms with Gasteiger partial charge in [0.1, 0.15) is 0 Å². The molecule has 0 N–H and O–H groups in total. The molecule has 0 radical (unpaired) electrons. The zero-order valence-corrected chi connectivity index (χ0v) is 13.6. The maximum Gasteiger partial charge on any atom is 0.0343 e. The molecule has 0 saturated carbocycles. The van der Waals surface area contributed by atoms with Gasteiger partial charge in [0.25, 0.3) is 0 Å². The first-order chi connectivity index (χ1) is 11.9. The summed E-state index contributed by atoms with van der Waals surface area (Å²) in [6.07, 6.45) is 10.9. The SMILES string of the molecule is C1=c2c(ccc3c2=C(c2cccnc2)CCC3)-c2ccccc2C1. The van der Waals surface area contributed by atoms with Crippen molar-refractivity contribution < 1.29 is 0 Å². The topological polar surface area (TPSA) is 12.9 Å². The molecule has 24 heavy (non-hydrogen) atoms. The van der Waals surface area contributed by atoms with Crippen molar-refractivity contribution in [1.29, 1.82) is 0 Å². The Morgan fingerprint density at radius 1 is 0.792 bits per heavy atom. The Labute approximate surface area is 142 Å². The molecule has 0 spiro atoms. The van der Waals surface area contributed by atoms with Crippen molar-refractivity contribution in [3.05, 3.63) is 88.1 Å². The van der Waals surface area contributed by atoms with E-state index < -0.39 is 0 Å². The second-order valence-corrected chi connectivity index (χ2v) is 6.70. The van der Waals surface area contributed by atoms with E-state index >= 15 is 0 Å². The summed E-state index contributed by atoms with van der Waals surface area (Å²) in [5.74, 6) is 0. The lowest BCUT2D eigenvalue weighted by Crippen LogP contribution is -2.36. The van der Waals surface area contributed by atoms with Gasteiger partial charge in [-0.05, 0) is 75.6 Å². The number of rotatable bonds is 1. The van der Waals surface area contributed by atoms with E-state index in [0.29, 0.717) is 0 Å². The van der Waals surface area contributed by atoms with Gasteiger partial charge in [0.15, 0.2) is 0 Å². The van der Waals surface area contributed by atoms with Crippen LogP contribution in [0.1, 0.15) is 29.5 Å². The number of fused-ring (bicyclic) bond motifs is 5. The summed E-state index contributed by atoms with van der Waals surface area (Å²) >= 11 is 0. The predicted molar refractivity (Wildman–Crippen MR) is 99.0 cm³/mol. The lowest BCUT2D eigenvalue weighted by atomic mass is 9.83. The van der Waals surface area contributed by atoms with E-state index in [9.17, 15) is 0 Å². The maximum absolute atomic E-state index is 4.35. The number of pyridine rings is 1. The minimum Gasteiger partial charge on any atom is -0.264 e. The van der Waals surface area contributed by atoms with Crippen LogP contribution in [0.5, 0.6) is 0 Å². The molecule has 116 valence electrons. The van der Waals surface area contributed by atoms with Crippen LogP contribution in [-0.4, -0.2) is 4.98 Å². The van der Waals surface area contributed by atoms with E-state index in [1.165, 1.54) is 56.7 Å². The first-order valence-corrected chi connectivity index (χ1v) is 8.76. The van der Waals surface area contributed by atoms with Crippen LogP contribution in [0.3, 0.4) is 0 Å². The summed E-state index contributed by atoms with van der Waals surface area (Å²) in [6.45, 7) is 0. The number of benzene rings is 2. The number of nitrogens with zero attached hydrogens (tertiary/aromatic N) is 1. The van der Waals surface area contributed by atoms with Gasteiger partial charge in [-0.15, -0.1) is 0 Å². The summed E-state index contributed by atoms with van der Waals surface area (Å²) in [4.78, 5) is 4.35. The second kappa shape index (κ2) is 5.45. The summed E-state index contributed by atoms with van der Waals surface area (Å²) in [7, 11) is 0. The molecule has 3 aromatic rings. The molecule has 2 aromatic carbocycles. The first kappa shape index (κ1) is 13.7. The molecular weight excluding hydrogens is 290 g/mol. The lowest BCUT2D eigenvalue weighted by molar-refractivity contribution is 0.817. The van der Waals surface area contributed by atoms with Gasteiger partial charge in [0, 0.05) is 12.4 Å². The molecule has 2 aliphatic rings. The van der Waals surface area contributed by atoms with E-state index in [4.69, 9.17) is 0 Å². The molecule has 0 amide bonds. The fourth-order valence-electron chi connectivity index (χ4n) is 4.26. The zero-order valence-electron chi connectivity index (χ0n) is 13.6. The molecule has 0 unspecified atom stereocenters. The van der Waals surface area contributed by atoms with Crippen molar-refractivity contribution in [3.8, 4) is 11.1 Å². The Bertz CT molecular complexity index is 1050. The minimum atomic E-state index is 1.03. The normalized spacial score (nSPS) is 15.1. The van der Waals surface area contributed by atoms with Crippen molar-refractivity contribution in [1.82, 2.24) is 4.98 Å². The van der Waals surface area contributed by atoms with Crippen LogP contribution in [0.4, 0.5) is 0 Å². The number of aryl methyl sites for hydroxylation is 1. The zero-order chi connectivity index (χ0) is 15.9. The van der Waals surface area contributed by atoms with Crippen LogP contribution >= 0.6 is 0 Å². The van der Waals surface area contributed by atoms with E-state index in [1.807, 2.05) is 18.5 Å². The summed E-state index contributed by atoms with van der Waals surface area (Å²) in [5.41, 5.74) is 8.46. The van der Waals surface area contributed by atoms with Crippen molar-refractivity contribution in [2.45, 2.75) is 25.7 Å². The third-order valence-electron chi connectivity index (χ3n) is 5.35. The fourth-order valence-corrected chi connectivity index (χ4v) is 4.26. The van der Waals surface area contributed by atoms with Crippen LogP contribution in [0, 0.1) is 0 Å². The van der Waals surface area contributed by atoms with Gasteiger partial charge in [-0.1, -0.05) is 48.5 Å². The van der Waals surface area contributed by atoms with Crippen LogP contribution in [-0.2, 0) is 12.8 Å². The van der Waals surface area contributed by atoms with E-state index in [0.717, 1.165) is 12.8 Å². The van der Waals surface area contributed by atoms with Crippen LogP contribution in [0.25, 0.3) is 22.8 Å². The van der Waals surface area contributed by atoms with Gasteiger partial charge in [-0.25, -0.2) is 0 Å². The Morgan fingerprint density at radius 3 is 2.67 bits per heavy atom. The van der Waals surface area contributed by atoms with E-state index in [2.05, 4.69) is 53.5 Å². The second-order valence-electron chi connectivity index (χ2n) is 6.70. The van der Waals surface area contributed by atoms with Gasteiger partial charge in [0.2, 0.25) is 0 Å². The van der Waals surface area contributed by atoms with E-state index in [1.54, 1.807) is 0 Å². The standard InChI is InChI=1S/C23H19N/c1-2-8-19-16(5-1)10-13-22-21(19)12-11-17-6-3-9-20(23(17)22)18-7-4-14-24-15-18/h1-2,4-5,7-8,11-15H,3,6,9-10H2. The third-order valence-corrected chi connectivity index (χ3v) is 5.35. The molecule has 0 saturated heterocycles. The summed E-state index contributed by atoms with van der Waals surface area (Å²) in [5, 5.41) is 2.91. The molecule has 1 heterocycles. The van der Waals surface area contributed by atoms with Gasteiger partial charge < -0.3 is 0 Å². The monoisotopic (exact) mass is 309 g/mol. The highest BCUT2D eigenvalue weighted by atomic mass is 14.6. The maximum atomic E-state index is 4.35. The number of aromatic nitrogens is 1. The molecule has 1 aromatic heterocycles. The molecule has 0 bridgehead atoms. The van der Waals surface area contributed by atoms with E-state index in [-0.39, 0.29) is 0 Å². The molecule has 5 rings (SSSR count). The van der Waals surface area contributed by atoms with Crippen molar-refractivity contribution in [2.24, 2.45) is 0 Å². The molecule has 1 heteroatoms. The van der Waals surface area contributed by atoms with Crippen LogP contribution < -0.4 is 10.4 Å². The van der Waals surface area contributed by atoms with Crippen molar-refractivity contribution >= 4 is 11.6 Å². The van der Waals surface area contributed by atoms with Crippen LogP contribution in [0.15, 0.2) is 60.9 Å². The van der Waals surface area contributed by atoms with Gasteiger partial charge in [-0.2, -0.15) is 0 Å². The molecular formula is C23H19N. The number of hydrogen-bond acceptors (Lipinski definition) is 1. The van der Waals surface area contributed by atoms with Crippen LogP contribution in [0.2, 0.25) is 0 Å². The van der Waals surface area contributed by atoms with Gasteiger partial charge in [0.05, 0.1) is 0 Å². The summed E-state index contributed by atoms with van der Waals surface area (Å²) < 4.78 is 0. The largest absolute Gasteiger partial charge is 0.264 e. The highest BCUT2D eigenvalue weighted by Gasteiger charge is 2.17. The molecule has 2 aliphatic carbocycles. The fraction of sp³-hybridized carbons (Fsp3) is 0.174. The Hall–Kier alpha value is -2.67. The first-order valence-electron chi connectivity index (χ1n) is 8.76. The predicted octanol–water partition coefficient (Wildman–Crippen LogP) is 3.62. The smallest absolute Gasteiger partial charge is 0.0343 e. The van der Waals surface area contributed by atoms with Crippen molar-refractivity contribution in [3.63, 3.8) is 0 Å². The molecule has 0 fully saturated rings. The minimum absolute atomic E-state index is 1.03.